The van der Waals surface area contributed by atoms with E-state index in [9.17, 15) is 13.6 Å². The molecule has 1 aromatic rings. The molecule has 0 aliphatic carbocycles. The second-order valence-electron chi connectivity index (χ2n) is 4.96. The van der Waals surface area contributed by atoms with E-state index in [-0.39, 0.29) is 30.0 Å². The summed E-state index contributed by atoms with van der Waals surface area (Å²) in [4.78, 5) is 13.8. The lowest BCUT2D eigenvalue weighted by atomic mass is 10.1. The summed E-state index contributed by atoms with van der Waals surface area (Å²) in [7, 11) is 0. The Morgan fingerprint density at radius 1 is 1.45 bits per heavy atom. The molecule has 2 atom stereocenters. The van der Waals surface area contributed by atoms with Crippen molar-refractivity contribution in [3.63, 3.8) is 0 Å². The highest BCUT2D eigenvalue weighted by atomic mass is 19.1. The van der Waals surface area contributed by atoms with Crippen LogP contribution in [0.1, 0.15) is 12.5 Å². The number of rotatable bonds is 3. The van der Waals surface area contributed by atoms with Gasteiger partial charge in [-0.1, -0.05) is 6.07 Å². The standard InChI is InChI=1S/C14H18F2N2O2/c1-9-8-20-10(6-17)7-18(9)14(19)5-11-12(15)3-2-4-13(11)16/h2-4,9-10H,5-8,17H2,1H3. The number of carbonyl (C=O) groups excluding carboxylic acids is 1. The van der Waals surface area contributed by atoms with Crippen LogP contribution in [0.3, 0.4) is 0 Å². The molecule has 110 valence electrons. The molecule has 0 spiro atoms. The minimum absolute atomic E-state index is 0.125. The van der Waals surface area contributed by atoms with Crippen LogP contribution in [0.25, 0.3) is 0 Å². The number of benzene rings is 1. The Hall–Kier alpha value is -1.53. The van der Waals surface area contributed by atoms with E-state index >= 15 is 0 Å². The van der Waals surface area contributed by atoms with E-state index in [0.29, 0.717) is 19.7 Å². The number of nitrogens with two attached hydrogens (primary N) is 1. The molecule has 20 heavy (non-hydrogen) atoms. The molecule has 1 heterocycles. The van der Waals surface area contributed by atoms with E-state index in [1.807, 2.05) is 6.92 Å². The first-order valence-corrected chi connectivity index (χ1v) is 6.57. The molecule has 0 radical (unpaired) electrons. The maximum Gasteiger partial charge on any atom is 0.227 e. The van der Waals surface area contributed by atoms with Crippen molar-refractivity contribution in [1.82, 2.24) is 4.90 Å². The van der Waals surface area contributed by atoms with Crippen LogP contribution < -0.4 is 5.73 Å². The summed E-state index contributed by atoms with van der Waals surface area (Å²) in [5.74, 6) is -1.72. The van der Waals surface area contributed by atoms with Crippen molar-refractivity contribution >= 4 is 5.91 Å². The van der Waals surface area contributed by atoms with Crippen LogP contribution in [0.5, 0.6) is 0 Å². The zero-order valence-electron chi connectivity index (χ0n) is 11.3. The normalized spacial score (nSPS) is 22.9. The highest BCUT2D eigenvalue weighted by Crippen LogP contribution is 2.17. The number of morpholine rings is 1. The summed E-state index contributed by atoms with van der Waals surface area (Å²) in [6, 6.07) is 3.45. The van der Waals surface area contributed by atoms with Gasteiger partial charge in [0.1, 0.15) is 11.6 Å². The first-order chi connectivity index (χ1) is 9.52. The summed E-state index contributed by atoms with van der Waals surface area (Å²) in [6.45, 7) is 2.88. The second kappa shape index (κ2) is 6.28. The molecule has 6 heteroatoms. The summed E-state index contributed by atoms with van der Waals surface area (Å²) >= 11 is 0. The van der Waals surface area contributed by atoms with Crippen LogP contribution in [-0.4, -0.2) is 42.6 Å². The Balaban J connectivity index is 2.11. The molecule has 2 unspecified atom stereocenters. The molecule has 1 aliphatic heterocycles. The number of hydrogen-bond acceptors (Lipinski definition) is 3. The van der Waals surface area contributed by atoms with Crippen molar-refractivity contribution in [3.05, 3.63) is 35.4 Å². The molecular weight excluding hydrogens is 266 g/mol. The Morgan fingerprint density at radius 3 is 2.70 bits per heavy atom. The largest absolute Gasteiger partial charge is 0.373 e. The van der Waals surface area contributed by atoms with E-state index in [4.69, 9.17) is 10.5 Å². The molecule has 4 nitrogen and oxygen atoms in total. The molecule has 0 saturated carbocycles. The van der Waals surface area contributed by atoms with Crippen LogP contribution in [0.2, 0.25) is 0 Å². The molecule has 0 bridgehead atoms. The van der Waals surface area contributed by atoms with Crippen LogP contribution in [0.15, 0.2) is 18.2 Å². The van der Waals surface area contributed by atoms with Gasteiger partial charge in [0.05, 0.1) is 25.2 Å². The first-order valence-electron chi connectivity index (χ1n) is 6.57. The molecule has 1 fully saturated rings. The van der Waals surface area contributed by atoms with Gasteiger partial charge >= 0.3 is 0 Å². The molecule has 1 saturated heterocycles. The topological polar surface area (TPSA) is 55.6 Å². The molecule has 2 rings (SSSR count). The third kappa shape index (κ3) is 3.13. The average Bonchev–Trinajstić information content (AvgIpc) is 2.43. The number of halogens is 2. The molecule has 1 aliphatic rings. The van der Waals surface area contributed by atoms with E-state index in [1.165, 1.54) is 6.07 Å². The zero-order chi connectivity index (χ0) is 14.7. The van der Waals surface area contributed by atoms with Crippen LogP contribution >= 0.6 is 0 Å². The summed E-state index contributed by atoms with van der Waals surface area (Å²) in [5.41, 5.74) is 5.33. The number of ether oxygens (including phenoxy) is 1. The lowest BCUT2D eigenvalue weighted by Gasteiger charge is -2.37. The predicted molar refractivity (Wildman–Crippen MR) is 70.0 cm³/mol. The van der Waals surface area contributed by atoms with Gasteiger partial charge in [0.2, 0.25) is 5.91 Å². The Labute approximate surface area is 116 Å². The first kappa shape index (κ1) is 14.9. The number of amides is 1. The number of hydrogen-bond donors (Lipinski definition) is 1. The SMILES string of the molecule is CC1COC(CN)CN1C(=O)Cc1c(F)cccc1F. The minimum atomic E-state index is -0.699. The second-order valence-corrected chi connectivity index (χ2v) is 4.96. The van der Waals surface area contributed by atoms with Gasteiger partial charge in [-0.2, -0.15) is 0 Å². The fourth-order valence-electron chi connectivity index (χ4n) is 2.26. The lowest BCUT2D eigenvalue weighted by Crippen LogP contribution is -2.53. The minimum Gasteiger partial charge on any atom is -0.373 e. The van der Waals surface area contributed by atoms with E-state index < -0.39 is 11.6 Å². The van der Waals surface area contributed by atoms with Crippen molar-refractivity contribution in [1.29, 1.82) is 0 Å². The van der Waals surface area contributed by atoms with Gasteiger partial charge in [-0.15, -0.1) is 0 Å². The van der Waals surface area contributed by atoms with E-state index in [1.54, 1.807) is 4.90 Å². The Bertz CT molecular complexity index is 476. The highest BCUT2D eigenvalue weighted by molar-refractivity contribution is 5.79. The van der Waals surface area contributed by atoms with Gasteiger partial charge in [0.25, 0.3) is 0 Å². The zero-order valence-corrected chi connectivity index (χ0v) is 11.3. The molecule has 0 aromatic heterocycles. The van der Waals surface area contributed by atoms with E-state index in [0.717, 1.165) is 12.1 Å². The van der Waals surface area contributed by atoms with Crippen LogP contribution in [0, 0.1) is 11.6 Å². The van der Waals surface area contributed by atoms with Crippen LogP contribution in [-0.2, 0) is 16.0 Å². The van der Waals surface area contributed by atoms with Gasteiger partial charge in [0.15, 0.2) is 0 Å². The quantitative estimate of drug-likeness (QED) is 0.903. The maximum absolute atomic E-state index is 13.6. The smallest absolute Gasteiger partial charge is 0.227 e. The number of nitrogens with zero attached hydrogens (tertiary/aromatic N) is 1. The molecule has 1 aromatic carbocycles. The summed E-state index contributed by atoms with van der Waals surface area (Å²) in [5, 5.41) is 0. The fourth-order valence-corrected chi connectivity index (χ4v) is 2.26. The van der Waals surface area contributed by atoms with E-state index in [2.05, 4.69) is 0 Å². The van der Waals surface area contributed by atoms with Crippen molar-refractivity contribution in [2.45, 2.75) is 25.5 Å². The maximum atomic E-state index is 13.6. The Morgan fingerprint density at radius 2 is 2.10 bits per heavy atom. The Kier molecular flexibility index (Phi) is 4.67. The van der Waals surface area contributed by atoms with Crippen molar-refractivity contribution < 1.29 is 18.3 Å². The van der Waals surface area contributed by atoms with Gasteiger partial charge in [-0.05, 0) is 19.1 Å². The van der Waals surface area contributed by atoms with Crippen molar-refractivity contribution in [2.75, 3.05) is 19.7 Å². The van der Waals surface area contributed by atoms with Gasteiger partial charge in [-0.3, -0.25) is 4.79 Å². The van der Waals surface area contributed by atoms with Crippen molar-refractivity contribution in [2.24, 2.45) is 5.73 Å². The average molecular weight is 284 g/mol. The monoisotopic (exact) mass is 284 g/mol. The number of carbonyl (C=O) groups is 1. The van der Waals surface area contributed by atoms with Gasteiger partial charge in [-0.25, -0.2) is 8.78 Å². The molecule has 2 N–H and O–H groups in total. The third-order valence-electron chi connectivity index (χ3n) is 3.48. The fraction of sp³-hybridized carbons (Fsp3) is 0.500. The molecule has 1 amide bonds. The lowest BCUT2D eigenvalue weighted by molar-refractivity contribution is -0.142. The third-order valence-corrected chi connectivity index (χ3v) is 3.48. The van der Waals surface area contributed by atoms with Crippen molar-refractivity contribution in [3.8, 4) is 0 Å². The highest BCUT2D eigenvalue weighted by Gasteiger charge is 2.29. The predicted octanol–water partition coefficient (Wildman–Crippen LogP) is 1.08. The van der Waals surface area contributed by atoms with Gasteiger partial charge in [0, 0.05) is 18.7 Å². The summed E-state index contributed by atoms with van der Waals surface area (Å²) < 4.78 is 32.6. The molecular formula is C14H18F2N2O2. The summed E-state index contributed by atoms with van der Waals surface area (Å²) in [6.07, 6.45) is -0.513. The van der Waals surface area contributed by atoms with Gasteiger partial charge < -0.3 is 15.4 Å². The van der Waals surface area contributed by atoms with Crippen LogP contribution in [0.4, 0.5) is 8.78 Å².